The molecule has 0 radical (unpaired) electrons. The molecule has 4 aromatic carbocycles. The van der Waals surface area contributed by atoms with Gasteiger partial charge < -0.3 is 4.42 Å². The molecular weight excluding hydrogens is 538 g/mol. The van der Waals surface area contributed by atoms with Gasteiger partial charge in [0.25, 0.3) is 0 Å². The van der Waals surface area contributed by atoms with Crippen LogP contribution in [0.3, 0.4) is 0 Å². The maximum absolute atomic E-state index is 6.19. The number of hydrogen-bond acceptors (Lipinski definition) is 4. The number of hydrogen-bond donors (Lipinski definition) is 0. The van der Waals surface area contributed by atoms with E-state index in [1.165, 1.54) is 11.1 Å². The second kappa shape index (κ2) is 12.1. The van der Waals surface area contributed by atoms with Crippen LogP contribution in [0.2, 0.25) is 0 Å². The van der Waals surface area contributed by atoms with E-state index in [1.54, 1.807) is 6.08 Å². The van der Waals surface area contributed by atoms with Crippen molar-refractivity contribution in [3.05, 3.63) is 151 Å². The lowest BCUT2D eigenvalue weighted by Crippen LogP contribution is -2.06. The second-order valence-electron chi connectivity index (χ2n) is 11.1. The van der Waals surface area contributed by atoms with Crippen LogP contribution in [0.4, 0.5) is 0 Å². The molecule has 1 atom stereocenters. The molecule has 2 heterocycles. The van der Waals surface area contributed by atoms with Gasteiger partial charge >= 0.3 is 0 Å². The lowest BCUT2D eigenvalue weighted by atomic mass is 9.85. The largest absolute Gasteiger partial charge is 0.456 e. The Balaban J connectivity index is 1.32. The molecule has 0 fully saturated rings. The molecule has 0 bridgehead atoms. The summed E-state index contributed by atoms with van der Waals surface area (Å²) in [5.41, 5.74) is 8.24. The third kappa shape index (κ3) is 5.31. The first-order chi connectivity index (χ1) is 21.7. The van der Waals surface area contributed by atoms with Gasteiger partial charge in [-0.15, -0.1) is 0 Å². The number of fused-ring (bicyclic) bond motifs is 3. The summed E-state index contributed by atoms with van der Waals surface area (Å²) in [4.78, 5) is 15.1. The predicted molar refractivity (Wildman–Crippen MR) is 182 cm³/mol. The van der Waals surface area contributed by atoms with Crippen molar-refractivity contribution < 1.29 is 4.42 Å². The molecule has 0 saturated heterocycles. The van der Waals surface area contributed by atoms with Crippen molar-refractivity contribution in [2.24, 2.45) is 5.92 Å². The van der Waals surface area contributed by atoms with Crippen molar-refractivity contribution in [1.82, 2.24) is 15.0 Å². The number of aryl methyl sites for hydroxylation is 1. The van der Waals surface area contributed by atoms with E-state index in [0.29, 0.717) is 23.4 Å². The molecule has 0 aliphatic heterocycles. The smallest absolute Gasteiger partial charge is 0.164 e. The van der Waals surface area contributed by atoms with Gasteiger partial charge in [0.1, 0.15) is 11.2 Å². The fraction of sp³-hybridized carbons (Fsp3) is 0.125. The van der Waals surface area contributed by atoms with Crippen LogP contribution in [0.15, 0.2) is 138 Å². The topological polar surface area (TPSA) is 51.8 Å². The van der Waals surface area contributed by atoms with E-state index in [9.17, 15) is 0 Å². The average Bonchev–Trinajstić information content (AvgIpc) is 3.47. The van der Waals surface area contributed by atoms with Crippen LogP contribution in [0.25, 0.3) is 55.9 Å². The molecule has 1 aliphatic rings. The first-order valence-electron chi connectivity index (χ1n) is 15.2. The third-order valence-electron chi connectivity index (χ3n) is 8.39. The van der Waals surface area contributed by atoms with Crippen LogP contribution in [-0.2, 0) is 6.42 Å². The van der Waals surface area contributed by atoms with Gasteiger partial charge in [-0.1, -0.05) is 122 Å². The van der Waals surface area contributed by atoms with Gasteiger partial charge in [0.05, 0.1) is 0 Å². The Labute approximate surface area is 257 Å². The van der Waals surface area contributed by atoms with Crippen molar-refractivity contribution in [3.8, 4) is 22.8 Å². The van der Waals surface area contributed by atoms with E-state index >= 15 is 0 Å². The highest BCUT2D eigenvalue weighted by atomic mass is 16.3. The van der Waals surface area contributed by atoms with Gasteiger partial charge in [0.15, 0.2) is 17.5 Å². The SMILES string of the molecule is C=C/C(=C\C)c1nc(-c2ccccc2C2=CC=CC(CCc3ccccc3)C2)nc(-c2cccc3oc4ccccc4c23)n1. The van der Waals surface area contributed by atoms with E-state index in [1.807, 2.05) is 43.3 Å². The summed E-state index contributed by atoms with van der Waals surface area (Å²) in [5, 5.41) is 2.04. The highest BCUT2D eigenvalue weighted by molar-refractivity contribution is 6.11. The summed E-state index contributed by atoms with van der Waals surface area (Å²) in [6.45, 7) is 6.01. The Morgan fingerprint density at radius 1 is 0.795 bits per heavy atom. The van der Waals surface area contributed by atoms with Gasteiger partial charge in [-0.25, -0.2) is 15.0 Å². The van der Waals surface area contributed by atoms with E-state index in [-0.39, 0.29) is 0 Å². The Bertz CT molecular complexity index is 2080. The standard InChI is InChI=1S/C40H33N3O/c1-3-29(4-2)38-41-39(43-40(42-38)34-21-13-23-36-37(34)33-20-10-11-22-35(33)44-36)32-19-9-8-18-31(32)30-17-12-16-28(26-30)25-24-27-14-6-5-7-15-27/h3-23,28H,1,24-26H2,2H3/b29-4+. The number of benzene rings is 4. The maximum atomic E-state index is 6.19. The lowest BCUT2D eigenvalue weighted by molar-refractivity contribution is 0.602. The van der Waals surface area contributed by atoms with Crippen LogP contribution >= 0.6 is 0 Å². The summed E-state index contributed by atoms with van der Waals surface area (Å²) in [7, 11) is 0. The summed E-state index contributed by atoms with van der Waals surface area (Å²) >= 11 is 0. The first kappa shape index (κ1) is 27.5. The van der Waals surface area contributed by atoms with Crippen molar-refractivity contribution in [2.45, 2.75) is 26.2 Å². The Morgan fingerprint density at radius 3 is 2.32 bits per heavy atom. The van der Waals surface area contributed by atoms with Gasteiger partial charge in [-0.3, -0.25) is 0 Å². The molecule has 44 heavy (non-hydrogen) atoms. The van der Waals surface area contributed by atoms with Crippen LogP contribution in [-0.4, -0.2) is 15.0 Å². The molecule has 0 saturated carbocycles. The average molecular weight is 572 g/mol. The zero-order valence-corrected chi connectivity index (χ0v) is 24.8. The zero-order chi connectivity index (χ0) is 29.9. The molecular formula is C40H33N3O. The van der Waals surface area contributed by atoms with Gasteiger partial charge in [-0.05, 0) is 60.9 Å². The van der Waals surface area contributed by atoms with E-state index in [2.05, 4.69) is 91.5 Å². The van der Waals surface area contributed by atoms with E-state index in [0.717, 1.165) is 63.5 Å². The number of nitrogens with zero attached hydrogens (tertiary/aromatic N) is 3. The number of allylic oxidation sites excluding steroid dienone is 7. The molecule has 0 spiro atoms. The molecule has 2 aromatic heterocycles. The van der Waals surface area contributed by atoms with E-state index < -0.39 is 0 Å². The highest BCUT2D eigenvalue weighted by Crippen LogP contribution is 2.38. The van der Waals surface area contributed by atoms with Crippen LogP contribution < -0.4 is 0 Å². The van der Waals surface area contributed by atoms with Gasteiger partial charge in [0, 0.05) is 27.5 Å². The quantitative estimate of drug-likeness (QED) is 0.171. The molecule has 1 aliphatic carbocycles. The number of furan rings is 1. The van der Waals surface area contributed by atoms with Gasteiger partial charge in [0.2, 0.25) is 0 Å². The Morgan fingerprint density at radius 2 is 1.50 bits per heavy atom. The van der Waals surface area contributed by atoms with Crippen LogP contribution in [0.5, 0.6) is 0 Å². The summed E-state index contributed by atoms with van der Waals surface area (Å²) in [6.07, 6.45) is 13.7. The molecule has 6 aromatic rings. The summed E-state index contributed by atoms with van der Waals surface area (Å²) in [6, 6.07) is 33.3. The normalized spacial score (nSPS) is 15.1. The van der Waals surface area contributed by atoms with Crippen molar-refractivity contribution in [2.75, 3.05) is 0 Å². The van der Waals surface area contributed by atoms with Crippen molar-refractivity contribution in [3.63, 3.8) is 0 Å². The Hall–Kier alpha value is -5.35. The maximum Gasteiger partial charge on any atom is 0.164 e. The molecule has 1 unspecified atom stereocenters. The second-order valence-corrected chi connectivity index (χ2v) is 11.1. The molecule has 7 rings (SSSR count). The summed E-state index contributed by atoms with van der Waals surface area (Å²) < 4.78 is 6.19. The molecule has 4 heteroatoms. The fourth-order valence-electron chi connectivity index (χ4n) is 6.15. The van der Waals surface area contributed by atoms with Gasteiger partial charge in [-0.2, -0.15) is 0 Å². The van der Waals surface area contributed by atoms with Crippen molar-refractivity contribution in [1.29, 1.82) is 0 Å². The fourth-order valence-corrected chi connectivity index (χ4v) is 6.15. The lowest BCUT2D eigenvalue weighted by Gasteiger charge is -2.21. The number of para-hydroxylation sites is 1. The summed E-state index contributed by atoms with van der Waals surface area (Å²) in [5.74, 6) is 2.31. The van der Waals surface area contributed by atoms with Crippen LogP contribution in [0.1, 0.15) is 36.7 Å². The molecule has 4 nitrogen and oxygen atoms in total. The molecule has 214 valence electrons. The minimum atomic E-state index is 0.468. The minimum Gasteiger partial charge on any atom is -0.456 e. The highest BCUT2D eigenvalue weighted by Gasteiger charge is 2.21. The number of aromatic nitrogens is 3. The molecule has 0 N–H and O–H groups in total. The Kier molecular flexibility index (Phi) is 7.56. The molecule has 0 amide bonds. The predicted octanol–water partition coefficient (Wildman–Crippen LogP) is 10.3. The third-order valence-corrected chi connectivity index (χ3v) is 8.39. The monoisotopic (exact) mass is 571 g/mol. The zero-order valence-electron chi connectivity index (χ0n) is 24.8. The van der Waals surface area contributed by atoms with Crippen LogP contribution in [0, 0.1) is 5.92 Å². The van der Waals surface area contributed by atoms with E-state index in [4.69, 9.17) is 19.4 Å². The first-order valence-corrected chi connectivity index (χ1v) is 15.2. The number of rotatable bonds is 8. The van der Waals surface area contributed by atoms with Crippen molar-refractivity contribution >= 4 is 33.1 Å². The minimum absolute atomic E-state index is 0.468.